The van der Waals surface area contributed by atoms with Gasteiger partial charge in [-0.25, -0.2) is 4.79 Å². The first-order valence-corrected chi connectivity index (χ1v) is 13.7. The fraction of sp³-hybridized carbons (Fsp3) is 0.276. The summed E-state index contributed by atoms with van der Waals surface area (Å²) in [6.07, 6.45) is 1.17. The molecule has 4 aromatic rings. The topological polar surface area (TPSA) is 116 Å². The van der Waals surface area contributed by atoms with Crippen molar-refractivity contribution >= 4 is 40.9 Å². The predicted octanol–water partition coefficient (Wildman–Crippen LogP) is 7.41. The summed E-state index contributed by atoms with van der Waals surface area (Å²) in [4.78, 5) is 27.4. The number of rotatable bonds is 7. The van der Waals surface area contributed by atoms with Crippen molar-refractivity contribution in [3.8, 4) is 0 Å². The number of tetrazole rings is 1. The Hall–Kier alpha value is -4.45. The largest absolute Gasteiger partial charge is 0.417 e. The zero-order chi connectivity index (χ0) is 29.7. The first-order valence-electron chi connectivity index (χ1n) is 13.4. The van der Waals surface area contributed by atoms with E-state index >= 15 is 0 Å². The number of aromatic nitrogens is 4. The zero-order valence-corrected chi connectivity index (χ0v) is 23.0. The van der Waals surface area contributed by atoms with Crippen LogP contribution in [-0.4, -0.2) is 32.6 Å². The minimum Gasteiger partial charge on any atom is -0.308 e. The van der Waals surface area contributed by atoms with Gasteiger partial charge in [0.25, 0.3) is 11.9 Å². The van der Waals surface area contributed by atoms with Crippen molar-refractivity contribution in [2.24, 2.45) is 0 Å². The Labute approximate surface area is 244 Å². The van der Waals surface area contributed by atoms with E-state index in [1.807, 2.05) is 24.3 Å². The molecule has 0 aliphatic heterocycles. The number of anilines is 3. The fourth-order valence-electron chi connectivity index (χ4n) is 4.99. The van der Waals surface area contributed by atoms with Crippen molar-refractivity contribution in [3.63, 3.8) is 0 Å². The van der Waals surface area contributed by atoms with Gasteiger partial charge in [-0.05, 0) is 77.6 Å². The summed E-state index contributed by atoms with van der Waals surface area (Å²) < 4.78 is 40.2. The summed E-state index contributed by atoms with van der Waals surface area (Å²) in [6, 6.07) is 16.8. The molecule has 1 aromatic heterocycles. The van der Waals surface area contributed by atoms with Crippen LogP contribution >= 0.6 is 11.6 Å². The number of amides is 3. The van der Waals surface area contributed by atoms with Gasteiger partial charge in [-0.15, -0.1) is 5.10 Å². The van der Waals surface area contributed by atoms with Gasteiger partial charge in [0.15, 0.2) is 0 Å². The highest BCUT2D eigenvalue weighted by Gasteiger charge is 2.33. The molecule has 1 fully saturated rings. The lowest BCUT2D eigenvalue weighted by Gasteiger charge is -2.26. The monoisotopic (exact) mass is 597 g/mol. The number of nitrogens with zero attached hydrogens (tertiary/aromatic N) is 4. The van der Waals surface area contributed by atoms with Crippen LogP contribution in [-0.2, 0) is 12.7 Å². The molecular formula is C29H27ClF3N7O2. The number of hydrogen-bond acceptors (Lipinski definition) is 5. The molecule has 3 N–H and O–H groups in total. The van der Waals surface area contributed by atoms with Gasteiger partial charge in [-0.1, -0.05) is 60.2 Å². The highest BCUT2D eigenvalue weighted by molar-refractivity contribution is 6.31. The summed E-state index contributed by atoms with van der Waals surface area (Å²) in [5, 5.41) is 17.6. The number of urea groups is 1. The van der Waals surface area contributed by atoms with Crippen LogP contribution < -0.4 is 15.5 Å². The van der Waals surface area contributed by atoms with Gasteiger partial charge in [0, 0.05) is 16.9 Å². The SMILES string of the molecule is O=C(Nc1nn[nH]n1)c1ccc(CN(C(=O)Nc2ccc(Cl)c(C(F)(F)F)c2)c2ccc(C3CCCCC3)cc2)cc1. The van der Waals surface area contributed by atoms with Crippen LogP contribution in [0.2, 0.25) is 5.02 Å². The molecule has 13 heteroatoms. The Morgan fingerprint density at radius 3 is 2.31 bits per heavy atom. The van der Waals surface area contributed by atoms with Crippen molar-refractivity contribution < 1.29 is 22.8 Å². The Bertz CT molecular complexity index is 1520. The van der Waals surface area contributed by atoms with Crippen molar-refractivity contribution in [3.05, 3.63) is 94.0 Å². The van der Waals surface area contributed by atoms with Crippen LogP contribution in [0, 0.1) is 0 Å². The van der Waals surface area contributed by atoms with Crippen molar-refractivity contribution in [2.45, 2.75) is 50.7 Å². The van der Waals surface area contributed by atoms with E-state index in [2.05, 4.69) is 31.3 Å². The van der Waals surface area contributed by atoms with Crippen molar-refractivity contribution in [2.75, 3.05) is 15.5 Å². The number of carbonyl (C=O) groups is 2. The smallest absolute Gasteiger partial charge is 0.308 e. The van der Waals surface area contributed by atoms with Crippen LogP contribution in [0.25, 0.3) is 0 Å². The fourth-order valence-corrected chi connectivity index (χ4v) is 5.21. The number of carbonyl (C=O) groups excluding carboxylic acids is 2. The van der Waals surface area contributed by atoms with Crippen LogP contribution in [0.5, 0.6) is 0 Å². The van der Waals surface area contributed by atoms with Gasteiger partial charge in [0.05, 0.1) is 17.1 Å². The Balaban J connectivity index is 1.38. The number of aromatic amines is 1. The van der Waals surface area contributed by atoms with E-state index in [0.29, 0.717) is 22.7 Å². The summed E-state index contributed by atoms with van der Waals surface area (Å²) in [5.41, 5.74) is 1.69. The molecule has 5 rings (SSSR count). The van der Waals surface area contributed by atoms with Crippen LogP contribution in [0.4, 0.5) is 35.3 Å². The molecule has 0 unspecified atom stereocenters. The maximum atomic E-state index is 13.5. The number of nitrogens with one attached hydrogen (secondary N) is 3. The normalized spacial score (nSPS) is 13.9. The van der Waals surface area contributed by atoms with Gasteiger partial charge in [0.1, 0.15) is 0 Å². The third-order valence-electron chi connectivity index (χ3n) is 7.18. The maximum Gasteiger partial charge on any atom is 0.417 e. The molecule has 0 bridgehead atoms. The molecule has 9 nitrogen and oxygen atoms in total. The Morgan fingerprint density at radius 1 is 0.952 bits per heavy atom. The molecule has 1 heterocycles. The first-order chi connectivity index (χ1) is 20.2. The highest BCUT2D eigenvalue weighted by Crippen LogP contribution is 2.37. The minimum absolute atomic E-state index is 0.0273. The standard InChI is InChI=1S/C29H27ClF3N7O2/c30-25-15-12-22(16-24(25)29(31,32)33)34-28(42)40(23-13-10-20(11-14-23)19-4-2-1-3-5-19)17-18-6-8-21(9-7-18)26(41)35-27-36-38-39-37-27/h6-16,19H,1-5,17H2,(H,34,42)(H2,35,36,37,38,39,41). The number of hydrogen-bond donors (Lipinski definition) is 3. The van der Waals surface area contributed by atoms with Crippen molar-refractivity contribution in [1.82, 2.24) is 20.6 Å². The minimum atomic E-state index is -4.68. The number of H-pyrrole nitrogens is 1. The molecule has 3 amide bonds. The molecule has 1 saturated carbocycles. The van der Waals surface area contributed by atoms with Crippen LogP contribution in [0.3, 0.4) is 0 Å². The molecule has 218 valence electrons. The quantitative estimate of drug-likeness (QED) is 0.205. The van der Waals surface area contributed by atoms with Crippen LogP contribution in [0.1, 0.15) is 65.1 Å². The number of alkyl halides is 3. The van der Waals surface area contributed by atoms with E-state index in [0.717, 1.165) is 25.0 Å². The van der Waals surface area contributed by atoms with E-state index in [1.165, 1.54) is 35.8 Å². The summed E-state index contributed by atoms with van der Waals surface area (Å²) in [7, 11) is 0. The third kappa shape index (κ3) is 7.06. The maximum absolute atomic E-state index is 13.5. The zero-order valence-electron chi connectivity index (χ0n) is 22.3. The van der Waals surface area contributed by atoms with E-state index < -0.39 is 28.7 Å². The van der Waals surface area contributed by atoms with E-state index in [4.69, 9.17) is 11.6 Å². The lowest BCUT2D eigenvalue weighted by Crippen LogP contribution is -2.34. The predicted molar refractivity (Wildman–Crippen MR) is 152 cm³/mol. The van der Waals surface area contributed by atoms with E-state index in [1.54, 1.807) is 24.3 Å². The molecule has 0 radical (unpaired) electrons. The van der Waals surface area contributed by atoms with E-state index in [9.17, 15) is 22.8 Å². The molecule has 3 aromatic carbocycles. The molecule has 1 aliphatic rings. The van der Waals surface area contributed by atoms with Crippen LogP contribution in [0.15, 0.2) is 66.7 Å². The van der Waals surface area contributed by atoms with E-state index in [-0.39, 0.29) is 18.2 Å². The summed E-state index contributed by atoms with van der Waals surface area (Å²) in [6.45, 7) is 0.0844. The highest BCUT2D eigenvalue weighted by atomic mass is 35.5. The third-order valence-corrected chi connectivity index (χ3v) is 7.51. The number of halogens is 4. The second kappa shape index (κ2) is 12.6. The molecule has 0 saturated heterocycles. The molecule has 0 atom stereocenters. The van der Waals surface area contributed by atoms with Crippen molar-refractivity contribution in [1.29, 1.82) is 0 Å². The Morgan fingerprint density at radius 2 is 1.67 bits per heavy atom. The van der Waals surface area contributed by atoms with Gasteiger partial charge in [0.2, 0.25) is 0 Å². The van der Waals surface area contributed by atoms with Gasteiger partial charge >= 0.3 is 12.2 Å². The average molecular weight is 598 g/mol. The number of benzene rings is 3. The van der Waals surface area contributed by atoms with Gasteiger partial charge in [-0.3, -0.25) is 15.0 Å². The summed E-state index contributed by atoms with van der Waals surface area (Å²) >= 11 is 5.75. The average Bonchev–Trinajstić information content (AvgIpc) is 3.50. The van der Waals surface area contributed by atoms with Gasteiger partial charge < -0.3 is 5.32 Å². The lowest BCUT2D eigenvalue weighted by atomic mass is 9.84. The second-order valence-electron chi connectivity index (χ2n) is 10.0. The summed E-state index contributed by atoms with van der Waals surface area (Å²) in [5.74, 6) is 0.0506. The Kier molecular flexibility index (Phi) is 8.72. The molecule has 42 heavy (non-hydrogen) atoms. The molecule has 0 spiro atoms. The lowest BCUT2D eigenvalue weighted by molar-refractivity contribution is -0.137. The molecule has 1 aliphatic carbocycles. The van der Waals surface area contributed by atoms with Gasteiger partial charge in [-0.2, -0.15) is 18.4 Å². The molecular weight excluding hydrogens is 571 g/mol. The second-order valence-corrected chi connectivity index (χ2v) is 10.4. The first kappa shape index (κ1) is 29.1.